The number of hydrogen-bond acceptors (Lipinski definition) is 2. The molecule has 0 heterocycles. The fourth-order valence-corrected chi connectivity index (χ4v) is 2.58. The number of rotatable bonds is 5. The maximum absolute atomic E-state index is 14.0. The Balaban J connectivity index is 3.34. The van der Waals surface area contributed by atoms with Gasteiger partial charge in [0.25, 0.3) is 5.91 Å². The molecule has 0 saturated heterocycles. The van der Waals surface area contributed by atoms with Crippen molar-refractivity contribution < 1.29 is 57.8 Å². The summed E-state index contributed by atoms with van der Waals surface area (Å²) in [5.74, 6) is -16.6. The van der Waals surface area contributed by atoms with Crippen molar-refractivity contribution in [3.63, 3.8) is 0 Å². The lowest BCUT2D eigenvalue weighted by molar-refractivity contribution is -0.472. The SMILES string of the molecule is O=C(Nc1ccc(Br)cc1Br)C(F)(OC(F)(F)C(F)(F)C(F)(F)F)C(F)(F)F. The van der Waals surface area contributed by atoms with Gasteiger partial charge in [-0.2, -0.15) is 48.3 Å². The highest BCUT2D eigenvalue weighted by Gasteiger charge is 2.79. The highest BCUT2D eigenvalue weighted by atomic mass is 79.9. The number of alkyl halides is 11. The van der Waals surface area contributed by atoms with Gasteiger partial charge in [0, 0.05) is 8.95 Å². The van der Waals surface area contributed by atoms with Gasteiger partial charge in [0.1, 0.15) is 0 Å². The van der Waals surface area contributed by atoms with Crippen molar-refractivity contribution in [1.82, 2.24) is 0 Å². The van der Waals surface area contributed by atoms with Crippen LogP contribution < -0.4 is 5.32 Å². The van der Waals surface area contributed by atoms with E-state index in [2.05, 4.69) is 36.6 Å². The third-order valence-corrected chi connectivity index (χ3v) is 3.98. The fourth-order valence-electron chi connectivity index (χ4n) is 1.43. The van der Waals surface area contributed by atoms with E-state index < -0.39 is 41.8 Å². The predicted octanol–water partition coefficient (Wildman–Crippen LogP) is 6.19. The quantitative estimate of drug-likeness (QED) is 0.435. The molecular weight excluding hydrogens is 559 g/mol. The molecule has 0 aliphatic heterocycles. The van der Waals surface area contributed by atoms with Crippen LogP contribution in [0.4, 0.5) is 54.0 Å². The molecule has 0 aromatic heterocycles. The van der Waals surface area contributed by atoms with Crippen molar-refractivity contribution in [1.29, 1.82) is 0 Å². The number of carbonyl (C=O) groups is 1. The first kappa shape index (κ1) is 24.9. The van der Waals surface area contributed by atoms with E-state index >= 15 is 0 Å². The van der Waals surface area contributed by atoms with Gasteiger partial charge in [-0.05, 0) is 34.1 Å². The van der Waals surface area contributed by atoms with Gasteiger partial charge in [0.15, 0.2) is 0 Å². The minimum atomic E-state index is -7.25. The van der Waals surface area contributed by atoms with E-state index in [0.717, 1.165) is 23.5 Å². The van der Waals surface area contributed by atoms with Gasteiger partial charge in [-0.25, -0.2) is 0 Å². The first-order valence-electron chi connectivity index (χ1n) is 6.31. The van der Waals surface area contributed by atoms with Crippen LogP contribution in [0.3, 0.4) is 0 Å². The molecule has 16 heteroatoms. The summed E-state index contributed by atoms with van der Waals surface area (Å²) in [5.41, 5.74) is -0.672. The summed E-state index contributed by atoms with van der Waals surface area (Å²) >= 11 is 5.61. The molecule has 0 aliphatic carbocycles. The molecule has 160 valence electrons. The molecular formula is C12H4Br2F11NO2. The maximum Gasteiger partial charge on any atom is 0.462 e. The standard InChI is InChI=1S/C12H4Br2F11NO2/c13-4-1-2-6(5(14)3-4)26-7(27)8(15,10(18,19)20)28-12(24,25)9(16,17)11(21,22)23/h1-3H,(H,26,27). The van der Waals surface area contributed by atoms with Crippen LogP contribution >= 0.6 is 31.9 Å². The van der Waals surface area contributed by atoms with Crippen LogP contribution in [0.5, 0.6) is 0 Å². The average molecular weight is 563 g/mol. The normalized spacial score (nSPS) is 15.9. The van der Waals surface area contributed by atoms with Gasteiger partial charge in [0.2, 0.25) is 0 Å². The second-order valence-corrected chi connectivity index (χ2v) is 6.63. The zero-order chi connectivity index (χ0) is 22.3. The van der Waals surface area contributed by atoms with Crippen molar-refractivity contribution >= 4 is 43.5 Å². The Morgan fingerprint density at radius 2 is 1.36 bits per heavy atom. The number of carbonyl (C=O) groups excluding carboxylic acids is 1. The van der Waals surface area contributed by atoms with Crippen LogP contribution in [0.15, 0.2) is 27.1 Å². The predicted molar refractivity (Wildman–Crippen MR) is 77.4 cm³/mol. The molecule has 1 amide bonds. The molecule has 3 nitrogen and oxygen atoms in total. The molecule has 28 heavy (non-hydrogen) atoms. The second-order valence-electron chi connectivity index (χ2n) is 4.86. The summed E-state index contributed by atoms with van der Waals surface area (Å²) < 4.78 is 142. The zero-order valence-corrected chi connectivity index (χ0v) is 15.6. The number of amides is 1. The van der Waals surface area contributed by atoms with Crippen molar-refractivity contribution in [3.05, 3.63) is 27.1 Å². The van der Waals surface area contributed by atoms with Gasteiger partial charge < -0.3 is 5.32 Å². The van der Waals surface area contributed by atoms with E-state index in [-0.39, 0.29) is 8.95 Å². The number of nitrogens with one attached hydrogen (secondary N) is 1. The van der Waals surface area contributed by atoms with Gasteiger partial charge in [-0.1, -0.05) is 15.9 Å². The van der Waals surface area contributed by atoms with Crippen molar-refractivity contribution in [2.24, 2.45) is 0 Å². The molecule has 0 radical (unpaired) electrons. The molecule has 0 saturated carbocycles. The summed E-state index contributed by atoms with van der Waals surface area (Å²) in [5, 5.41) is 1.11. The largest absolute Gasteiger partial charge is 0.462 e. The zero-order valence-electron chi connectivity index (χ0n) is 12.5. The van der Waals surface area contributed by atoms with E-state index in [9.17, 15) is 53.1 Å². The van der Waals surface area contributed by atoms with Gasteiger partial charge in [-0.15, -0.1) is 0 Å². The molecule has 1 aromatic carbocycles. The van der Waals surface area contributed by atoms with E-state index in [1.165, 1.54) is 0 Å². The number of hydrogen-bond donors (Lipinski definition) is 1. The molecule has 0 spiro atoms. The van der Waals surface area contributed by atoms with Crippen LogP contribution in [0.1, 0.15) is 0 Å². The lowest BCUT2D eigenvalue weighted by atomic mass is 10.2. The van der Waals surface area contributed by atoms with E-state index in [0.29, 0.717) is 0 Å². The lowest BCUT2D eigenvalue weighted by Gasteiger charge is -2.34. The average Bonchev–Trinajstić information content (AvgIpc) is 2.46. The molecule has 1 rings (SSSR count). The Labute approximate surface area is 164 Å². The van der Waals surface area contributed by atoms with Crippen LogP contribution in [0.2, 0.25) is 0 Å². The number of ether oxygens (including phenoxy) is 1. The first-order valence-corrected chi connectivity index (χ1v) is 7.89. The van der Waals surface area contributed by atoms with Crippen LogP contribution in [0.25, 0.3) is 0 Å². The Hall–Kier alpha value is -1.16. The van der Waals surface area contributed by atoms with Gasteiger partial charge in [0.05, 0.1) is 5.69 Å². The van der Waals surface area contributed by atoms with Crippen molar-refractivity contribution in [3.8, 4) is 0 Å². The number of anilines is 1. The third kappa shape index (κ3) is 4.69. The molecule has 1 aromatic rings. The number of halogens is 13. The highest BCUT2D eigenvalue weighted by molar-refractivity contribution is 9.11. The first-order chi connectivity index (χ1) is 12.3. The number of benzene rings is 1. The van der Waals surface area contributed by atoms with Crippen molar-refractivity contribution in [2.75, 3.05) is 5.32 Å². The van der Waals surface area contributed by atoms with E-state index in [1.807, 2.05) is 0 Å². The smallest absolute Gasteiger partial charge is 0.320 e. The molecule has 0 aliphatic rings. The Bertz CT molecular complexity index is 750. The molecule has 1 atom stereocenters. The molecule has 0 bridgehead atoms. The molecule has 1 N–H and O–H groups in total. The minimum Gasteiger partial charge on any atom is -0.320 e. The summed E-state index contributed by atoms with van der Waals surface area (Å²) in [6, 6.07) is 3.00. The van der Waals surface area contributed by atoms with E-state index in [4.69, 9.17) is 0 Å². The van der Waals surface area contributed by atoms with Gasteiger partial charge >= 0.3 is 30.2 Å². The maximum atomic E-state index is 14.0. The second kappa shape index (κ2) is 7.59. The van der Waals surface area contributed by atoms with Crippen LogP contribution in [-0.4, -0.2) is 36.1 Å². The lowest BCUT2D eigenvalue weighted by Crippen LogP contribution is -2.62. The summed E-state index contributed by atoms with van der Waals surface area (Å²) in [6.07, 6.45) is -21.0. The van der Waals surface area contributed by atoms with Crippen molar-refractivity contribution in [2.45, 2.75) is 30.2 Å². The summed E-state index contributed by atoms with van der Waals surface area (Å²) in [6.45, 7) is 0. The third-order valence-electron chi connectivity index (χ3n) is 2.83. The molecule has 0 fully saturated rings. The Kier molecular flexibility index (Phi) is 6.74. The van der Waals surface area contributed by atoms with Gasteiger partial charge in [-0.3, -0.25) is 9.53 Å². The molecule has 1 unspecified atom stereocenters. The summed E-state index contributed by atoms with van der Waals surface area (Å²) in [7, 11) is 0. The topological polar surface area (TPSA) is 38.3 Å². The summed E-state index contributed by atoms with van der Waals surface area (Å²) in [4.78, 5) is 11.5. The monoisotopic (exact) mass is 561 g/mol. The minimum absolute atomic E-state index is 0.230. The highest BCUT2D eigenvalue weighted by Crippen LogP contribution is 2.51. The van der Waals surface area contributed by atoms with Crippen LogP contribution in [-0.2, 0) is 9.53 Å². The van der Waals surface area contributed by atoms with E-state index in [1.54, 1.807) is 0 Å². The Morgan fingerprint density at radius 3 is 1.75 bits per heavy atom. The van der Waals surface area contributed by atoms with Crippen LogP contribution in [0, 0.1) is 0 Å². The fraction of sp³-hybridized carbons (Fsp3) is 0.417. The Morgan fingerprint density at radius 1 is 0.857 bits per heavy atom.